The summed E-state index contributed by atoms with van der Waals surface area (Å²) in [6.45, 7) is 1.52. The molecule has 0 saturated heterocycles. The maximum absolute atomic E-state index is 12.5. The van der Waals surface area contributed by atoms with Crippen LogP contribution in [0.1, 0.15) is 27.7 Å². The molecule has 1 unspecified atom stereocenters. The molecule has 0 bridgehead atoms. The molecule has 4 nitrogen and oxygen atoms in total. The monoisotopic (exact) mass is 241 g/mol. The van der Waals surface area contributed by atoms with Crippen molar-refractivity contribution in [2.24, 2.45) is 7.05 Å². The molecule has 0 aliphatic carbocycles. The Morgan fingerprint density at radius 3 is 3.06 bits per heavy atom. The van der Waals surface area contributed by atoms with Crippen LogP contribution >= 0.6 is 0 Å². The minimum atomic E-state index is -0.129. The smallest absolute Gasteiger partial charge is 0.206 e. The molecule has 0 spiro atoms. The topological polar surface area (TPSA) is 46.9 Å². The number of nitrogens with zero attached hydrogens (tertiary/aromatic N) is 2. The number of nitrogens with one attached hydrogen (secondary N) is 1. The first-order valence-electron chi connectivity index (χ1n) is 6.07. The number of carbonyl (C=O) groups is 1. The van der Waals surface area contributed by atoms with Crippen LogP contribution in [0.2, 0.25) is 0 Å². The van der Waals surface area contributed by atoms with Crippen molar-refractivity contribution in [3.8, 4) is 0 Å². The zero-order valence-electron chi connectivity index (χ0n) is 10.3. The van der Waals surface area contributed by atoms with Gasteiger partial charge in [-0.05, 0) is 11.1 Å². The predicted octanol–water partition coefficient (Wildman–Crippen LogP) is 1.49. The molecule has 2 heterocycles. The first kappa shape index (κ1) is 11.2. The molecule has 1 aromatic carbocycles. The molecule has 1 aliphatic heterocycles. The highest BCUT2D eigenvalue weighted by atomic mass is 16.1. The van der Waals surface area contributed by atoms with Gasteiger partial charge < -0.3 is 9.88 Å². The Morgan fingerprint density at radius 2 is 2.28 bits per heavy atom. The fourth-order valence-electron chi connectivity index (χ4n) is 2.49. The lowest BCUT2D eigenvalue weighted by Gasteiger charge is -2.25. The van der Waals surface area contributed by atoms with E-state index in [1.54, 1.807) is 17.0 Å². The van der Waals surface area contributed by atoms with Gasteiger partial charge in [0, 0.05) is 32.5 Å². The summed E-state index contributed by atoms with van der Waals surface area (Å²) in [6, 6.07) is 8.11. The van der Waals surface area contributed by atoms with Crippen LogP contribution in [0.3, 0.4) is 0 Å². The molecule has 4 heteroatoms. The van der Waals surface area contributed by atoms with Crippen molar-refractivity contribution < 1.29 is 4.79 Å². The highest BCUT2D eigenvalue weighted by Gasteiger charge is 2.28. The Labute approximate surface area is 106 Å². The van der Waals surface area contributed by atoms with Crippen molar-refractivity contribution in [2.45, 2.75) is 12.5 Å². The van der Waals surface area contributed by atoms with Gasteiger partial charge in [-0.25, -0.2) is 4.98 Å². The molecule has 1 atom stereocenters. The number of ketones is 1. The number of fused-ring (bicyclic) bond motifs is 1. The molecule has 18 heavy (non-hydrogen) atoms. The number of aryl methyl sites for hydroxylation is 1. The zero-order valence-corrected chi connectivity index (χ0v) is 10.3. The molecule has 92 valence electrons. The van der Waals surface area contributed by atoms with Crippen molar-refractivity contribution >= 4 is 5.78 Å². The van der Waals surface area contributed by atoms with Crippen LogP contribution in [0.4, 0.5) is 0 Å². The number of aromatic nitrogens is 2. The summed E-state index contributed by atoms with van der Waals surface area (Å²) in [4.78, 5) is 16.7. The van der Waals surface area contributed by atoms with E-state index in [9.17, 15) is 4.79 Å². The Hall–Kier alpha value is -1.94. The second-order valence-electron chi connectivity index (χ2n) is 4.61. The number of hydrogen-bond donors (Lipinski definition) is 1. The highest BCUT2D eigenvalue weighted by Crippen LogP contribution is 2.26. The summed E-state index contributed by atoms with van der Waals surface area (Å²) in [5, 5.41) is 3.30. The van der Waals surface area contributed by atoms with Crippen molar-refractivity contribution in [1.82, 2.24) is 14.9 Å². The van der Waals surface area contributed by atoms with Crippen LogP contribution < -0.4 is 5.32 Å². The average molecular weight is 241 g/mol. The van der Waals surface area contributed by atoms with Crippen molar-refractivity contribution in [3.63, 3.8) is 0 Å². The van der Waals surface area contributed by atoms with Gasteiger partial charge in [0.05, 0.1) is 5.92 Å². The summed E-state index contributed by atoms with van der Waals surface area (Å²) < 4.78 is 1.78. The summed E-state index contributed by atoms with van der Waals surface area (Å²) in [5.41, 5.74) is 2.33. The third-order valence-electron chi connectivity index (χ3n) is 3.45. The minimum Gasteiger partial charge on any atom is -0.332 e. The van der Waals surface area contributed by atoms with Gasteiger partial charge in [0.1, 0.15) is 0 Å². The molecular weight excluding hydrogens is 226 g/mol. The van der Waals surface area contributed by atoms with E-state index in [1.807, 2.05) is 25.2 Å². The van der Waals surface area contributed by atoms with E-state index >= 15 is 0 Å². The van der Waals surface area contributed by atoms with Crippen LogP contribution in [0, 0.1) is 0 Å². The number of imidazole rings is 1. The number of carbonyl (C=O) groups excluding carboxylic acids is 1. The second kappa shape index (κ2) is 4.38. The summed E-state index contributed by atoms with van der Waals surface area (Å²) in [5.74, 6) is 0.483. The lowest BCUT2D eigenvalue weighted by molar-refractivity contribution is 0.0941. The van der Waals surface area contributed by atoms with Gasteiger partial charge in [-0.2, -0.15) is 0 Å². The third kappa shape index (κ3) is 1.75. The van der Waals surface area contributed by atoms with E-state index in [-0.39, 0.29) is 11.7 Å². The number of Topliss-reactive ketones (excluding diaryl/α,β-unsaturated/α-hetero) is 1. The number of hydrogen-bond acceptors (Lipinski definition) is 3. The lowest BCUT2D eigenvalue weighted by Crippen LogP contribution is -2.33. The lowest BCUT2D eigenvalue weighted by atomic mass is 9.87. The summed E-state index contributed by atoms with van der Waals surface area (Å²) in [6.07, 6.45) is 3.46. The number of benzene rings is 1. The molecule has 1 aliphatic rings. The first-order chi connectivity index (χ1) is 8.77. The third-order valence-corrected chi connectivity index (χ3v) is 3.45. The fraction of sp³-hybridized carbons (Fsp3) is 0.286. The zero-order chi connectivity index (χ0) is 12.5. The van der Waals surface area contributed by atoms with Gasteiger partial charge in [-0.1, -0.05) is 24.3 Å². The summed E-state index contributed by atoms with van der Waals surface area (Å²) >= 11 is 0. The molecule has 1 aromatic heterocycles. The molecule has 2 aromatic rings. The van der Waals surface area contributed by atoms with Gasteiger partial charge in [0.2, 0.25) is 5.78 Å². The largest absolute Gasteiger partial charge is 0.332 e. The van der Waals surface area contributed by atoms with Crippen molar-refractivity contribution in [2.75, 3.05) is 6.54 Å². The molecule has 0 saturated carbocycles. The molecule has 3 rings (SSSR count). The quantitative estimate of drug-likeness (QED) is 0.810. The SMILES string of the molecule is Cn1ccnc1C(=O)C1CNCc2ccccc21. The van der Waals surface area contributed by atoms with Gasteiger partial charge in [0.25, 0.3) is 0 Å². The molecular formula is C14H15N3O. The summed E-state index contributed by atoms with van der Waals surface area (Å²) in [7, 11) is 1.85. The van der Waals surface area contributed by atoms with E-state index in [1.165, 1.54) is 5.56 Å². The van der Waals surface area contributed by atoms with E-state index < -0.39 is 0 Å². The maximum Gasteiger partial charge on any atom is 0.206 e. The van der Waals surface area contributed by atoms with Crippen LogP contribution in [-0.2, 0) is 13.6 Å². The van der Waals surface area contributed by atoms with Gasteiger partial charge in [-0.15, -0.1) is 0 Å². The van der Waals surface area contributed by atoms with Crippen LogP contribution in [0.25, 0.3) is 0 Å². The Kier molecular flexibility index (Phi) is 2.72. The van der Waals surface area contributed by atoms with Crippen molar-refractivity contribution in [3.05, 3.63) is 53.6 Å². The van der Waals surface area contributed by atoms with E-state index in [4.69, 9.17) is 0 Å². The van der Waals surface area contributed by atoms with Crippen molar-refractivity contribution in [1.29, 1.82) is 0 Å². The highest BCUT2D eigenvalue weighted by molar-refractivity contribution is 5.98. The molecule has 0 fully saturated rings. The molecule has 0 radical (unpaired) electrons. The van der Waals surface area contributed by atoms with Crippen LogP contribution in [-0.4, -0.2) is 21.9 Å². The first-order valence-corrected chi connectivity index (χ1v) is 6.07. The second-order valence-corrected chi connectivity index (χ2v) is 4.61. The van der Waals surface area contributed by atoms with Crippen LogP contribution in [0.5, 0.6) is 0 Å². The Balaban J connectivity index is 2.00. The minimum absolute atomic E-state index is 0.0853. The fourth-order valence-corrected chi connectivity index (χ4v) is 2.49. The molecule has 0 amide bonds. The maximum atomic E-state index is 12.5. The Morgan fingerprint density at radius 1 is 1.44 bits per heavy atom. The van der Waals surface area contributed by atoms with E-state index in [2.05, 4.69) is 16.4 Å². The average Bonchev–Trinajstić information content (AvgIpc) is 2.83. The van der Waals surface area contributed by atoms with Gasteiger partial charge >= 0.3 is 0 Å². The normalized spacial score (nSPS) is 18.4. The molecule has 1 N–H and O–H groups in total. The number of rotatable bonds is 2. The van der Waals surface area contributed by atoms with Crippen LogP contribution in [0.15, 0.2) is 36.7 Å². The predicted molar refractivity (Wildman–Crippen MR) is 68.4 cm³/mol. The Bertz CT molecular complexity index is 588. The van der Waals surface area contributed by atoms with Gasteiger partial charge in [-0.3, -0.25) is 4.79 Å². The van der Waals surface area contributed by atoms with E-state index in [0.29, 0.717) is 12.4 Å². The standard InChI is InChI=1S/C14H15N3O/c1-17-7-6-16-14(17)13(18)12-9-15-8-10-4-2-3-5-11(10)12/h2-7,12,15H,8-9H2,1H3. The van der Waals surface area contributed by atoms with E-state index in [0.717, 1.165) is 12.1 Å². The van der Waals surface area contributed by atoms with Gasteiger partial charge in [0.15, 0.2) is 5.82 Å².